The van der Waals surface area contributed by atoms with Crippen LogP contribution < -0.4 is 0 Å². The van der Waals surface area contributed by atoms with E-state index in [4.69, 9.17) is 0 Å². The Hall–Kier alpha value is -1.83. The third-order valence-electron chi connectivity index (χ3n) is 2.84. The molecule has 2 nitrogen and oxygen atoms in total. The Kier molecular flexibility index (Phi) is 1.91. The molecule has 2 aromatic rings. The number of hydrogen-bond acceptors (Lipinski definition) is 1. The summed E-state index contributed by atoms with van der Waals surface area (Å²) in [5.41, 5.74) is 5.19. The molecule has 1 aromatic carbocycles. The molecular weight excluding hydrogens is 184 g/mol. The van der Waals surface area contributed by atoms with E-state index in [-0.39, 0.29) is 0 Å². The summed E-state index contributed by atoms with van der Waals surface area (Å²) >= 11 is 0. The fourth-order valence-electron chi connectivity index (χ4n) is 2.07. The molecule has 0 fully saturated rings. The Bertz CT molecular complexity index is 494. The molecular formula is C13H12N2. The third kappa shape index (κ3) is 1.48. The number of fused-ring (bicyclic) bond motifs is 1. The van der Waals surface area contributed by atoms with Crippen molar-refractivity contribution in [1.82, 2.24) is 10.2 Å². The molecule has 0 atom stereocenters. The number of aromatic amines is 1. The summed E-state index contributed by atoms with van der Waals surface area (Å²) in [7, 11) is 0. The predicted octanol–water partition coefficient (Wildman–Crippen LogP) is 2.90. The van der Waals surface area contributed by atoms with Crippen molar-refractivity contribution in [2.45, 2.75) is 12.8 Å². The van der Waals surface area contributed by atoms with E-state index in [1.807, 2.05) is 12.3 Å². The van der Waals surface area contributed by atoms with Crippen molar-refractivity contribution in [2.24, 2.45) is 0 Å². The number of nitrogens with zero attached hydrogens (tertiary/aromatic N) is 1. The van der Waals surface area contributed by atoms with Crippen LogP contribution in [0, 0.1) is 0 Å². The fraction of sp³-hybridized carbons (Fsp3) is 0.154. The summed E-state index contributed by atoms with van der Waals surface area (Å²) in [4.78, 5) is 0. The molecule has 0 spiro atoms. The Labute approximate surface area is 88.7 Å². The Morgan fingerprint density at radius 3 is 2.87 bits per heavy atom. The molecule has 0 saturated heterocycles. The number of aromatic nitrogens is 2. The maximum absolute atomic E-state index is 4.07. The van der Waals surface area contributed by atoms with Crippen molar-refractivity contribution >= 4 is 11.6 Å². The monoisotopic (exact) mass is 196 g/mol. The van der Waals surface area contributed by atoms with Crippen LogP contribution in [0.3, 0.4) is 0 Å². The highest BCUT2D eigenvalue weighted by Gasteiger charge is 2.17. The van der Waals surface area contributed by atoms with E-state index in [0.717, 1.165) is 12.8 Å². The van der Waals surface area contributed by atoms with Crippen molar-refractivity contribution < 1.29 is 0 Å². The van der Waals surface area contributed by atoms with Gasteiger partial charge in [-0.3, -0.25) is 5.10 Å². The van der Waals surface area contributed by atoms with Gasteiger partial charge in [0.2, 0.25) is 0 Å². The smallest absolute Gasteiger partial charge is 0.0642 e. The van der Waals surface area contributed by atoms with Crippen LogP contribution >= 0.6 is 0 Å². The van der Waals surface area contributed by atoms with Gasteiger partial charge in [0, 0.05) is 0 Å². The van der Waals surface area contributed by atoms with Gasteiger partial charge in [0.25, 0.3) is 0 Å². The lowest BCUT2D eigenvalue weighted by Crippen LogP contribution is -1.80. The summed E-state index contributed by atoms with van der Waals surface area (Å²) < 4.78 is 0. The second-order valence-corrected chi connectivity index (χ2v) is 3.85. The number of aryl methyl sites for hydroxylation is 1. The van der Waals surface area contributed by atoms with E-state index in [9.17, 15) is 0 Å². The SMILES string of the molecule is C(=C1\CCc2cn[nH]c21)/c1ccccc1. The topological polar surface area (TPSA) is 28.7 Å². The minimum atomic E-state index is 1.12. The fourth-order valence-corrected chi connectivity index (χ4v) is 2.07. The molecule has 2 heteroatoms. The third-order valence-corrected chi connectivity index (χ3v) is 2.84. The number of allylic oxidation sites excluding steroid dienone is 1. The summed E-state index contributed by atoms with van der Waals surface area (Å²) in [5, 5.41) is 7.14. The Morgan fingerprint density at radius 1 is 1.13 bits per heavy atom. The zero-order chi connectivity index (χ0) is 10.1. The molecule has 0 radical (unpaired) electrons. The molecule has 1 aliphatic carbocycles. The first-order valence-corrected chi connectivity index (χ1v) is 5.22. The van der Waals surface area contributed by atoms with Gasteiger partial charge in [-0.25, -0.2) is 0 Å². The van der Waals surface area contributed by atoms with Crippen LogP contribution in [0.1, 0.15) is 23.2 Å². The van der Waals surface area contributed by atoms with Crippen LogP contribution in [-0.2, 0) is 6.42 Å². The molecule has 0 aliphatic heterocycles. The molecule has 1 aliphatic rings. The van der Waals surface area contributed by atoms with Crippen LogP contribution in [0.5, 0.6) is 0 Å². The van der Waals surface area contributed by atoms with E-state index in [2.05, 4.69) is 40.5 Å². The minimum Gasteiger partial charge on any atom is -0.278 e. The van der Waals surface area contributed by atoms with Crippen molar-refractivity contribution in [3.8, 4) is 0 Å². The van der Waals surface area contributed by atoms with Gasteiger partial charge in [0.1, 0.15) is 0 Å². The van der Waals surface area contributed by atoms with E-state index in [0.29, 0.717) is 0 Å². The normalized spacial score (nSPS) is 16.9. The molecule has 15 heavy (non-hydrogen) atoms. The maximum atomic E-state index is 4.07. The summed E-state index contributed by atoms with van der Waals surface area (Å²) in [6.07, 6.45) is 6.41. The van der Waals surface area contributed by atoms with E-state index in [1.165, 1.54) is 22.4 Å². The first kappa shape index (κ1) is 8.48. The standard InChI is InChI=1S/C13H12N2/c1-2-4-10(5-3-1)8-11-6-7-12-9-14-15-13(11)12/h1-5,8-9H,6-7H2,(H,14,15)/b11-8-. The lowest BCUT2D eigenvalue weighted by molar-refractivity contribution is 1.04. The van der Waals surface area contributed by atoms with Crippen LogP contribution in [0.15, 0.2) is 36.5 Å². The van der Waals surface area contributed by atoms with Gasteiger partial charge in [0.05, 0.1) is 11.9 Å². The molecule has 1 N–H and O–H groups in total. The molecule has 0 unspecified atom stereocenters. The van der Waals surface area contributed by atoms with Crippen LogP contribution in [0.2, 0.25) is 0 Å². The molecule has 1 heterocycles. The number of nitrogens with one attached hydrogen (secondary N) is 1. The minimum absolute atomic E-state index is 1.12. The second kappa shape index (κ2) is 3.39. The van der Waals surface area contributed by atoms with E-state index >= 15 is 0 Å². The summed E-state index contributed by atoms with van der Waals surface area (Å²) in [6, 6.07) is 10.4. The Morgan fingerprint density at radius 2 is 2.00 bits per heavy atom. The van der Waals surface area contributed by atoms with Crippen molar-refractivity contribution in [3.05, 3.63) is 53.3 Å². The van der Waals surface area contributed by atoms with Gasteiger partial charge >= 0.3 is 0 Å². The first-order valence-electron chi connectivity index (χ1n) is 5.22. The van der Waals surface area contributed by atoms with Crippen LogP contribution in [0.25, 0.3) is 11.6 Å². The molecule has 0 saturated carbocycles. The average molecular weight is 196 g/mol. The Balaban J connectivity index is 2.01. The van der Waals surface area contributed by atoms with Gasteiger partial charge in [-0.15, -0.1) is 0 Å². The van der Waals surface area contributed by atoms with E-state index in [1.54, 1.807) is 0 Å². The van der Waals surface area contributed by atoms with Crippen molar-refractivity contribution in [3.63, 3.8) is 0 Å². The zero-order valence-corrected chi connectivity index (χ0v) is 8.40. The number of benzene rings is 1. The van der Waals surface area contributed by atoms with Gasteiger partial charge in [-0.05, 0) is 35.6 Å². The highest BCUT2D eigenvalue weighted by atomic mass is 15.1. The lowest BCUT2D eigenvalue weighted by atomic mass is 10.1. The maximum Gasteiger partial charge on any atom is 0.0642 e. The highest BCUT2D eigenvalue weighted by Crippen LogP contribution is 2.31. The quantitative estimate of drug-likeness (QED) is 0.746. The van der Waals surface area contributed by atoms with E-state index < -0.39 is 0 Å². The van der Waals surface area contributed by atoms with Crippen molar-refractivity contribution in [1.29, 1.82) is 0 Å². The average Bonchev–Trinajstić information content (AvgIpc) is 2.85. The largest absolute Gasteiger partial charge is 0.278 e. The molecule has 3 rings (SSSR count). The molecule has 74 valence electrons. The molecule has 1 aromatic heterocycles. The summed E-state index contributed by atoms with van der Waals surface area (Å²) in [6.45, 7) is 0. The highest BCUT2D eigenvalue weighted by molar-refractivity contribution is 5.83. The van der Waals surface area contributed by atoms with Gasteiger partial charge in [-0.2, -0.15) is 5.10 Å². The number of rotatable bonds is 1. The lowest BCUT2D eigenvalue weighted by Gasteiger charge is -1.97. The predicted molar refractivity (Wildman–Crippen MR) is 61.2 cm³/mol. The van der Waals surface area contributed by atoms with Crippen molar-refractivity contribution in [2.75, 3.05) is 0 Å². The van der Waals surface area contributed by atoms with Crippen LogP contribution in [-0.4, -0.2) is 10.2 Å². The second-order valence-electron chi connectivity index (χ2n) is 3.85. The van der Waals surface area contributed by atoms with Gasteiger partial charge < -0.3 is 0 Å². The number of hydrogen-bond donors (Lipinski definition) is 1. The zero-order valence-electron chi connectivity index (χ0n) is 8.40. The van der Waals surface area contributed by atoms with Gasteiger partial charge in [-0.1, -0.05) is 30.3 Å². The first-order chi connectivity index (χ1) is 7.43. The van der Waals surface area contributed by atoms with Gasteiger partial charge in [0.15, 0.2) is 0 Å². The number of H-pyrrole nitrogens is 1. The summed E-state index contributed by atoms with van der Waals surface area (Å²) in [5.74, 6) is 0. The molecule has 0 bridgehead atoms. The molecule has 0 amide bonds. The van der Waals surface area contributed by atoms with Crippen LogP contribution in [0.4, 0.5) is 0 Å².